The van der Waals surface area contributed by atoms with Crippen molar-refractivity contribution in [2.45, 2.75) is 59.0 Å². The maximum absolute atomic E-state index is 5.92. The third-order valence-corrected chi connectivity index (χ3v) is 3.83. The van der Waals surface area contributed by atoms with Crippen molar-refractivity contribution in [3.63, 3.8) is 0 Å². The lowest BCUT2D eigenvalue weighted by atomic mass is 10.0. The smallest absolute Gasteiger partial charge is 0.188 e. The normalized spacial score (nSPS) is 21.3. The number of hydrogen-bond acceptors (Lipinski definition) is 2. The van der Waals surface area contributed by atoms with Gasteiger partial charge >= 0.3 is 0 Å². The summed E-state index contributed by atoms with van der Waals surface area (Å²) in [6, 6.07) is 0.933. The summed E-state index contributed by atoms with van der Waals surface area (Å²) < 4.78 is 0. The topological polar surface area (TPSA) is 53.6 Å². The molecule has 0 radical (unpaired) electrons. The Morgan fingerprint density at radius 1 is 1.28 bits per heavy atom. The number of aliphatic imine (C=N–C) groups is 1. The molecule has 0 aromatic rings. The molecule has 0 aromatic heterocycles. The van der Waals surface area contributed by atoms with Gasteiger partial charge in [0.05, 0.1) is 6.54 Å². The average molecular weight is 254 g/mol. The van der Waals surface area contributed by atoms with Crippen molar-refractivity contribution in [2.24, 2.45) is 16.6 Å². The van der Waals surface area contributed by atoms with Gasteiger partial charge in [-0.25, -0.2) is 0 Å². The molecular weight excluding hydrogens is 224 g/mol. The fourth-order valence-corrected chi connectivity index (χ4v) is 2.41. The predicted octanol–water partition coefficient (Wildman–Crippen LogP) is 1.81. The number of nitrogens with zero attached hydrogens (tertiary/aromatic N) is 2. The third-order valence-electron chi connectivity index (χ3n) is 3.83. The van der Waals surface area contributed by atoms with Crippen molar-refractivity contribution in [3.05, 3.63) is 0 Å². The monoisotopic (exact) mass is 254 g/mol. The summed E-state index contributed by atoms with van der Waals surface area (Å²) in [7, 11) is 0. The Hall–Kier alpha value is -0.770. The minimum Gasteiger partial charge on any atom is -0.370 e. The van der Waals surface area contributed by atoms with E-state index in [4.69, 9.17) is 5.73 Å². The number of nitrogens with two attached hydrogens (primary N) is 1. The van der Waals surface area contributed by atoms with Gasteiger partial charge in [-0.05, 0) is 45.2 Å². The van der Waals surface area contributed by atoms with Crippen molar-refractivity contribution >= 4 is 5.96 Å². The highest BCUT2D eigenvalue weighted by molar-refractivity contribution is 5.78. The van der Waals surface area contributed by atoms with Crippen LogP contribution in [0.25, 0.3) is 0 Å². The van der Waals surface area contributed by atoms with E-state index < -0.39 is 0 Å². The summed E-state index contributed by atoms with van der Waals surface area (Å²) >= 11 is 0. The minimum atomic E-state index is 0.401. The van der Waals surface area contributed by atoms with E-state index in [9.17, 15) is 0 Å². The molecule has 4 heteroatoms. The number of guanidine groups is 1. The second-order valence-electron chi connectivity index (χ2n) is 5.73. The Morgan fingerprint density at radius 2 is 1.89 bits per heavy atom. The molecule has 18 heavy (non-hydrogen) atoms. The molecule has 1 rings (SSSR count). The van der Waals surface area contributed by atoms with E-state index in [-0.39, 0.29) is 0 Å². The molecular formula is C14H30N4. The zero-order chi connectivity index (χ0) is 13.5. The van der Waals surface area contributed by atoms with Gasteiger partial charge in [0.1, 0.15) is 0 Å². The number of likely N-dealkylation sites (tertiary alicyclic amines) is 1. The lowest BCUT2D eigenvalue weighted by Gasteiger charge is -2.29. The Morgan fingerprint density at radius 3 is 2.39 bits per heavy atom. The molecule has 0 spiro atoms. The number of nitrogens with one attached hydrogen (secondary N) is 1. The van der Waals surface area contributed by atoms with E-state index in [1.54, 1.807) is 0 Å². The molecule has 0 bridgehead atoms. The fraction of sp³-hybridized carbons (Fsp3) is 0.929. The van der Waals surface area contributed by atoms with Crippen molar-refractivity contribution in [1.29, 1.82) is 0 Å². The Balaban J connectivity index is 2.48. The van der Waals surface area contributed by atoms with Gasteiger partial charge < -0.3 is 11.1 Å². The van der Waals surface area contributed by atoms with E-state index in [1.165, 1.54) is 25.9 Å². The molecule has 2 atom stereocenters. The molecule has 1 saturated heterocycles. The molecule has 2 unspecified atom stereocenters. The van der Waals surface area contributed by atoms with Crippen LogP contribution in [0.3, 0.4) is 0 Å². The fourth-order valence-electron chi connectivity index (χ4n) is 2.41. The largest absolute Gasteiger partial charge is 0.370 e. The lowest BCUT2D eigenvalue weighted by molar-refractivity contribution is 0.197. The first-order chi connectivity index (χ1) is 8.54. The van der Waals surface area contributed by atoms with Crippen molar-refractivity contribution in [2.75, 3.05) is 19.6 Å². The molecule has 0 amide bonds. The maximum Gasteiger partial charge on any atom is 0.188 e. The van der Waals surface area contributed by atoms with Crippen LogP contribution in [0.5, 0.6) is 0 Å². The van der Waals surface area contributed by atoms with Gasteiger partial charge in [-0.1, -0.05) is 20.8 Å². The van der Waals surface area contributed by atoms with Gasteiger partial charge in [0.15, 0.2) is 5.96 Å². The third kappa shape index (κ3) is 4.84. The SMILES string of the molecule is CCC(C)NC(N)=NCC(C(C)C)N1CCCC1. The summed E-state index contributed by atoms with van der Waals surface area (Å²) in [5, 5.41) is 3.22. The van der Waals surface area contributed by atoms with Crippen LogP contribution < -0.4 is 11.1 Å². The number of hydrogen-bond donors (Lipinski definition) is 2. The highest BCUT2D eigenvalue weighted by atomic mass is 15.2. The Bertz CT molecular complexity index is 257. The van der Waals surface area contributed by atoms with Crippen molar-refractivity contribution < 1.29 is 0 Å². The summed E-state index contributed by atoms with van der Waals surface area (Å²) in [6.45, 7) is 12.1. The summed E-state index contributed by atoms with van der Waals surface area (Å²) in [5.41, 5.74) is 5.92. The Labute approximate surface area is 112 Å². The quantitative estimate of drug-likeness (QED) is 0.561. The van der Waals surface area contributed by atoms with Crippen LogP contribution in [-0.4, -0.2) is 42.6 Å². The molecule has 3 N–H and O–H groups in total. The van der Waals surface area contributed by atoms with Gasteiger partial charge in [0.25, 0.3) is 0 Å². The zero-order valence-electron chi connectivity index (χ0n) is 12.4. The number of rotatable bonds is 6. The van der Waals surface area contributed by atoms with E-state index in [2.05, 4.69) is 42.9 Å². The minimum absolute atomic E-state index is 0.401. The predicted molar refractivity (Wildman–Crippen MR) is 78.8 cm³/mol. The van der Waals surface area contributed by atoms with Gasteiger partial charge in [0.2, 0.25) is 0 Å². The molecule has 1 fully saturated rings. The van der Waals surface area contributed by atoms with Crippen LogP contribution in [0.1, 0.15) is 47.0 Å². The molecule has 1 heterocycles. The zero-order valence-corrected chi connectivity index (χ0v) is 12.4. The van der Waals surface area contributed by atoms with Crippen molar-refractivity contribution in [3.8, 4) is 0 Å². The van der Waals surface area contributed by atoms with Gasteiger partial charge in [-0.2, -0.15) is 0 Å². The Kier molecular flexibility index (Phi) is 6.47. The molecule has 0 saturated carbocycles. The highest BCUT2D eigenvalue weighted by Gasteiger charge is 2.24. The summed E-state index contributed by atoms with van der Waals surface area (Å²) in [4.78, 5) is 7.08. The van der Waals surface area contributed by atoms with Crippen LogP contribution in [-0.2, 0) is 0 Å². The van der Waals surface area contributed by atoms with Gasteiger partial charge in [-0.15, -0.1) is 0 Å². The lowest BCUT2D eigenvalue weighted by Crippen LogP contribution is -2.42. The van der Waals surface area contributed by atoms with Crippen LogP contribution in [0.15, 0.2) is 4.99 Å². The van der Waals surface area contributed by atoms with E-state index in [0.29, 0.717) is 24.0 Å². The average Bonchev–Trinajstić information content (AvgIpc) is 2.82. The molecule has 106 valence electrons. The van der Waals surface area contributed by atoms with E-state index >= 15 is 0 Å². The second kappa shape index (κ2) is 7.62. The second-order valence-corrected chi connectivity index (χ2v) is 5.73. The van der Waals surface area contributed by atoms with Crippen LogP contribution >= 0.6 is 0 Å². The first-order valence-electron chi connectivity index (χ1n) is 7.35. The van der Waals surface area contributed by atoms with E-state index in [0.717, 1.165) is 13.0 Å². The molecule has 4 nitrogen and oxygen atoms in total. The van der Waals surface area contributed by atoms with Crippen LogP contribution in [0.4, 0.5) is 0 Å². The molecule has 1 aliphatic heterocycles. The van der Waals surface area contributed by atoms with Crippen LogP contribution in [0.2, 0.25) is 0 Å². The summed E-state index contributed by atoms with van der Waals surface area (Å²) in [5.74, 6) is 1.22. The molecule has 0 aromatic carbocycles. The van der Waals surface area contributed by atoms with Gasteiger partial charge in [-0.3, -0.25) is 9.89 Å². The van der Waals surface area contributed by atoms with Crippen LogP contribution in [0, 0.1) is 5.92 Å². The highest BCUT2D eigenvalue weighted by Crippen LogP contribution is 2.17. The molecule has 0 aliphatic carbocycles. The summed E-state index contributed by atoms with van der Waals surface area (Å²) in [6.07, 6.45) is 3.72. The maximum atomic E-state index is 5.92. The van der Waals surface area contributed by atoms with E-state index in [1.807, 2.05) is 0 Å². The standard InChI is InChI=1S/C14H30N4/c1-5-12(4)17-14(15)16-10-13(11(2)3)18-8-6-7-9-18/h11-13H,5-10H2,1-4H3,(H3,15,16,17). The first kappa shape index (κ1) is 15.3. The van der Waals surface area contributed by atoms with Crippen molar-refractivity contribution in [1.82, 2.24) is 10.2 Å². The first-order valence-corrected chi connectivity index (χ1v) is 7.35. The van der Waals surface area contributed by atoms with Gasteiger partial charge in [0, 0.05) is 12.1 Å². The molecule has 1 aliphatic rings.